The molecule has 1 unspecified atom stereocenters. The number of ether oxygens (including phenoxy) is 2. The lowest BCUT2D eigenvalue weighted by atomic mass is 10.6. The molecule has 0 spiro atoms. The first kappa shape index (κ1) is 7.77. The van der Waals surface area contributed by atoms with Gasteiger partial charge < -0.3 is 4.74 Å². The topological polar surface area (TPSA) is 30.5 Å². The van der Waals surface area contributed by atoms with Gasteiger partial charge in [-0.2, -0.15) is 0 Å². The first-order valence-electron chi connectivity index (χ1n) is 2.51. The fourth-order valence-corrected chi connectivity index (χ4v) is 0.527. The predicted octanol–water partition coefficient (Wildman–Crippen LogP) is 0.588. The molecule has 0 bridgehead atoms. The van der Waals surface area contributed by atoms with Crippen molar-refractivity contribution < 1.29 is 22.6 Å². The third-order valence-corrected chi connectivity index (χ3v) is 0.848. The molecule has 1 radical (unpaired) electrons. The van der Waals surface area contributed by atoms with Crippen molar-refractivity contribution in [2.75, 3.05) is 6.73 Å². The Balaban J connectivity index is 2.24. The minimum absolute atomic E-state index is 0.0563. The summed E-state index contributed by atoms with van der Waals surface area (Å²) in [5.41, 5.74) is 0. The van der Waals surface area contributed by atoms with Gasteiger partial charge in [-0.05, 0) is 0 Å². The van der Waals surface area contributed by atoms with E-state index < -0.39 is 12.6 Å². The highest BCUT2D eigenvalue weighted by Gasteiger charge is 2.35. The van der Waals surface area contributed by atoms with Crippen molar-refractivity contribution in [3.05, 3.63) is 6.61 Å². The number of rotatable bonds is 1. The summed E-state index contributed by atoms with van der Waals surface area (Å²) in [6, 6.07) is 0. The van der Waals surface area contributed by atoms with Crippen LogP contribution in [0.25, 0.3) is 0 Å². The summed E-state index contributed by atoms with van der Waals surface area (Å²) in [5, 5.41) is 2.29. The molecule has 1 rings (SSSR count). The maximum atomic E-state index is 11.4. The van der Waals surface area contributed by atoms with E-state index in [1.54, 1.807) is 0 Å². The van der Waals surface area contributed by atoms with E-state index >= 15 is 0 Å². The molecule has 59 valence electrons. The van der Waals surface area contributed by atoms with Gasteiger partial charge in [-0.25, -0.2) is 0 Å². The van der Waals surface area contributed by atoms with E-state index in [0.29, 0.717) is 0 Å². The van der Waals surface area contributed by atoms with E-state index in [0.717, 1.165) is 6.61 Å². The maximum Gasteiger partial charge on any atom is 0.524 e. The molecule has 3 nitrogen and oxygen atoms in total. The standard InChI is InChI=1S/C4H5F3NO2/c5-4(6,7)10-3-1-9-2-8-3/h1,3,8H,2H2. The SMILES string of the molecule is FC(F)(F)OC1[CH]OCN1. The van der Waals surface area contributed by atoms with Crippen LogP contribution in [0, 0.1) is 6.61 Å². The first-order chi connectivity index (χ1) is 4.58. The smallest absolute Gasteiger partial charge is 0.356 e. The van der Waals surface area contributed by atoms with Crippen molar-refractivity contribution in [3.8, 4) is 0 Å². The zero-order valence-corrected chi connectivity index (χ0v) is 4.81. The maximum absolute atomic E-state index is 11.4. The van der Waals surface area contributed by atoms with Gasteiger partial charge in [0.1, 0.15) is 12.8 Å². The third kappa shape index (κ3) is 2.51. The Labute approximate surface area is 55.1 Å². The molecule has 1 heterocycles. The Morgan fingerprint density at radius 2 is 2.30 bits per heavy atom. The van der Waals surface area contributed by atoms with Gasteiger partial charge >= 0.3 is 6.36 Å². The molecule has 1 aliphatic rings. The van der Waals surface area contributed by atoms with E-state index in [9.17, 15) is 13.2 Å². The van der Waals surface area contributed by atoms with Gasteiger partial charge in [0.25, 0.3) is 0 Å². The molecule has 0 aromatic carbocycles. The Bertz CT molecular complexity index is 110. The van der Waals surface area contributed by atoms with Crippen LogP contribution in [0.3, 0.4) is 0 Å². The second kappa shape index (κ2) is 2.73. The van der Waals surface area contributed by atoms with Crippen LogP contribution in [-0.4, -0.2) is 19.3 Å². The number of hydrogen-bond acceptors (Lipinski definition) is 3. The van der Waals surface area contributed by atoms with Crippen LogP contribution in [0.2, 0.25) is 0 Å². The van der Waals surface area contributed by atoms with E-state index in [-0.39, 0.29) is 6.73 Å². The lowest BCUT2D eigenvalue weighted by Gasteiger charge is -2.11. The highest BCUT2D eigenvalue weighted by atomic mass is 19.4. The molecule has 10 heavy (non-hydrogen) atoms. The largest absolute Gasteiger partial charge is 0.524 e. The first-order valence-corrected chi connectivity index (χ1v) is 2.51. The van der Waals surface area contributed by atoms with Crippen LogP contribution in [0.5, 0.6) is 0 Å². The quantitative estimate of drug-likeness (QED) is 0.602. The van der Waals surface area contributed by atoms with Gasteiger partial charge in [0.2, 0.25) is 0 Å². The van der Waals surface area contributed by atoms with Crippen LogP contribution in [0.1, 0.15) is 0 Å². The second-order valence-corrected chi connectivity index (χ2v) is 1.64. The molecular formula is C4H5F3NO2. The molecule has 0 aliphatic carbocycles. The summed E-state index contributed by atoms with van der Waals surface area (Å²) in [6.07, 6.45) is -5.78. The van der Waals surface area contributed by atoms with Gasteiger partial charge in [0.05, 0.1) is 6.73 Å². The van der Waals surface area contributed by atoms with Gasteiger partial charge in [-0.1, -0.05) is 0 Å². The lowest BCUT2D eigenvalue weighted by molar-refractivity contribution is -0.340. The Morgan fingerprint density at radius 3 is 2.70 bits per heavy atom. The van der Waals surface area contributed by atoms with Gasteiger partial charge in [0.15, 0.2) is 0 Å². The molecule has 0 amide bonds. The Kier molecular flexibility index (Phi) is 2.12. The predicted molar refractivity (Wildman–Crippen MR) is 24.3 cm³/mol. The summed E-state index contributed by atoms with van der Waals surface area (Å²) in [7, 11) is 0. The summed E-state index contributed by atoms with van der Waals surface area (Å²) in [6.45, 7) is 1.01. The van der Waals surface area contributed by atoms with Crippen molar-refractivity contribution in [2.24, 2.45) is 0 Å². The molecule has 1 aliphatic heterocycles. The van der Waals surface area contributed by atoms with E-state index in [1.807, 2.05) is 0 Å². The molecule has 1 N–H and O–H groups in total. The average molecular weight is 156 g/mol. The third-order valence-electron chi connectivity index (χ3n) is 0.848. The Hall–Kier alpha value is -0.330. The van der Waals surface area contributed by atoms with Crippen molar-refractivity contribution in [1.82, 2.24) is 5.32 Å². The highest BCUT2D eigenvalue weighted by molar-refractivity contribution is 4.69. The zero-order valence-electron chi connectivity index (χ0n) is 4.81. The number of alkyl halides is 3. The minimum Gasteiger partial charge on any atom is -0.356 e. The van der Waals surface area contributed by atoms with Crippen molar-refractivity contribution >= 4 is 0 Å². The molecule has 0 aromatic rings. The monoisotopic (exact) mass is 156 g/mol. The van der Waals surface area contributed by atoms with Gasteiger partial charge in [-0.3, -0.25) is 10.1 Å². The molecule has 1 saturated heterocycles. The van der Waals surface area contributed by atoms with Crippen molar-refractivity contribution in [1.29, 1.82) is 0 Å². The van der Waals surface area contributed by atoms with Gasteiger partial charge in [-0.15, -0.1) is 13.2 Å². The molecule has 0 saturated carbocycles. The molecule has 6 heteroatoms. The summed E-state index contributed by atoms with van der Waals surface area (Å²) in [5.74, 6) is 0. The normalized spacial score (nSPS) is 27.3. The highest BCUT2D eigenvalue weighted by Crippen LogP contribution is 2.20. The van der Waals surface area contributed by atoms with Crippen LogP contribution < -0.4 is 5.32 Å². The van der Waals surface area contributed by atoms with Crippen LogP contribution in [0.4, 0.5) is 13.2 Å². The number of halogens is 3. The van der Waals surface area contributed by atoms with Crippen molar-refractivity contribution in [2.45, 2.75) is 12.6 Å². The lowest BCUT2D eigenvalue weighted by Crippen LogP contribution is -2.31. The van der Waals surface area contributed by atoms with E-state index in [1.165, 1.54) is 0 Å². The fourth-order valence-electron chi connectivity index (χ4n) is 0.527. The summed E-state index contributed by atoms with van der Waals surface area (Å²) < 4.78 is 42.1. The summed E-state index contributed by atoms with van der Waals surface area (Å²) >= 11 is 0. The molecular weight excluding hydrogens is 151 g/mol. The van der Waals surface area contributed by atoms with E-state index in [2.05, 4.69) is 14.8 Å². The van der Waals surface area contributed by atoms with Crippen LogP contribution in [0.15, 0.2) is 0 Å². The van der Waals surface area contributed by atoms with Crippen LogP contribution >= 0.6 is 0 Å². The fraction of sp³-hybridized carbons (Fsp3) is 0.750. The molecule has 1 fully saturated rings. The molecule has 0 aromatic heterocycles. The Morgan fingerprint density at radius 1 is 1.60 bits per heavy atom. The zero-order chi connectivity index (χ0) is 7.61. The van der Waals surface area contributed by atoms with Gasteiger partial charge in [0, 0.05) is 0 Å². The average Bonchev–Trinajstić information content (AvgIpc) is 2.12. The second-order valence-electron chi connectivity index (χ2n) is 1.64. The van der Waals surface area contributed by atoms with E-state index in [4.69, 9.17) is 0 Å². The van der Waals surface area contributed by atoms with Crippen LogP contribution in [-0.2, 0) is 9.47 Å². The number of nitrogens with one attached hydrogen (secondary N) is 1. The molecule has 1 atom stereocenters. The number of hydrogen-bond donors (Lipinski definition) is 1. The minimum atomic E-state index is -4.61. The van der Waals surface area contributed by atoms with Crippen molar-refractivity contribution in [3.63, 3.8) is 0 Å². The summed E-state index contributed by atoms with van der Waals surface area (Å²) in [4.78, 5) is 0.